The van der Waals surface area contributed by atoms with Gasteiger partial charge in [0.25, 0.3) is 0 Å². The van der Waals surface area contributed by atoms with Crippen LogP contribution in [0.2, 0.25) is 0 Å². The molecule has 1 aromatic rings. The van der Waals surface area contributed by atoms with Crippen LogP contribution in [-0.4, -0.2) is 29.1 Å². The highest BCUT2D eigenvalue weighted by molar-refractivity contribution is 5.45. The summed E-state index contributed by atoms with van der Waals surface area (Å²) in [4.78, 5) is 11.3. The molecule has 4 heteroatoms. The number of hydrogen-bond donors (Lipinski definition) is 1. The Morgan fingerprint density at radius 2 is 2.24 bits per heavy atom. The molecular weight excluding hydrogens is 212 g/mol. The van der Waals surface area contributed by atoms with E-state index in [-0.39, 0.29) is 0 Å². The lowest BCUT2D eigenvalue weighted by Crippen LogP contribution is -2.27. The third-order valence-corrected chi connectivity index (χ3v) is 3.26. The number of anilines is 2. The quantitative estimate of drug-likeness (QED) is 0.869. The standard InChI is InChI=1S/C13H22N4/c1-4-5-15-12-7-14-8-13(16-12)17-9-10(2)6-11(17)3/h7-8,10-11H,4-6,9H2,1-3H3,(H,15,16). The van der Waals surface area contributed by atoms with Gasteiger partial charge in [-0.3, -0.25) is 4.98 Å². The molecule has 1 N–H and O–H groups in total. The number of nitrogens with zero attached hydrogens (tertiary/aromatic N) is 3. The molecule has 2 unspecified atom stereocenters. The molecule has 0 bridgehead atoms. The highest BCUT2D eigenvalue weighted by Gasteiger charge is 2.27. The van der Waals surface area contributed by atoms with E-state index in [2.05, 4.69) is 41.0 Å². The van der Waals surface area contributed by atoms with Gasteiger partial charge in [-0.1, -0.05) is 13.8 Å². The average molecular weight is 234 g/mol. The van der Waals surface area contributed by atoms with E-state index in [0.717, 1.165) is 37.1 Å². The predicted molar refractivity (Wildman–Crippen MR) is 71.4 cm³/mol. The normalized spacial score (nSPS) is 24.1. The fourth-order valence-corrected chi connectivity index (χ4v) is 2.45. The molecular formula is C13H22N4. The Balaban J connectivity index is 2.10. The van der Waals surface area contributed by atoms with Crippen molar-refractivity contribution in [3.05, 3.63) is 12.4 Å². The second-order valence-electron chi connectivity index (χ2n) is 5.03. The first-order valence-corrected chi connectivity index (χ1v) is 6.53. The third kappa shape index (κ3) is 2.87. The van der Waals surface area contributed by atoms with E-state index in [1.165, 1.54) is 6.42 Å². The minimum absolute atomic E-state index is 0.570. The van der Waals surface area contributed by atoms with Crippen molar-refractivity contribution >= 4 is 11.6 Å². The van der Waals surface area contributed by atoms with Crippen molar-refractivity contribution in [3.8, 4) is 0 Å². The van der Waals surface area contributed by atoms with E-state index >= 15 is 0 Å². The molecule has 4 nitrogen and oxygen atoms in total. The van der Waals surface area contributed by atoms with E-state index in [4.69, 9.17) is 0 Å². The second kappa shape index (κ2) is 5.34. The van der Waals surface area contributed by atoms with Crippen LogP contribution in [0.25, 0.3) is 0 Å². The first-order valence-electron chi connectivity index (χ1n) is 6.53. The van der Waals surface area contributed by atoms with E-state index < -0.39 is 0 Å². The molecule has 0 amide bonds. The van der Waals surface area contributed by atoms with Crippen LogP contribution in [0, 0.1) is 5.92 Å². The maximum atomic E-state index is 4.63. The summed E-state index contributed by atoms with van der Waals surface area (Å²) in [6.07, 6.45) is 6.01. The fourth-order valence-electron chi connectivity index (χ4n) is 2.45. The summed E-state index contributed by atoms with van der Waals surface area (Å²) < 4.78 is 0. The maximum absolute atomic E-state index is 4.63. The molecule has 1 aliphatic heterocycles. The predicted octanol–water partition coefficient (Wildman–Crippen LogP) is 2.53. The summed E-state index contributed by atoms with van der Waals surface area (Å²) in [5, 5.41) is 3.28. The topological polar surface area (TPSA) is 41.1 Å². The van der Waals surface area contributed by atoms with Gasteiger partial charge in [-0.2, -0.15) is 0 Å². The van der Waals surface area contributed by atoms with E-state index in [9.17, 15) is 0 Å². The van der Waals surface area contributed by atoms with Gasteiger partial charge in [0.2, 0.25) is 0 Å². The van der Waals surface area contributed by atoms with Crippen molar-refractivity contribution < 1.29 is 0 Å². The zero-order chi connectivity index (χ0) is 12.3. The average Bonchev–Trinajstić information content (AvgIpc) is 2.66. The van der Waals surface area contributed by atoms with Gasteiger partial charge in [-0.15, -0.1) is 0 Å². The minimum Gasteiger partial charge on any atom is -0.369 e. The van der Waals surface area contributed by atoms with Crippen molar-refractivity contribution in [2.75, 3.05) is 23.3 Å². The van der Waals surface area contributed by atoms with Gasteiger partial charge in [0.1, 0.15) is 11.6 Å². The Hall–Kier alpha value is -1.32. The van der Waals surface area contributed by atoms with E-state index in [1.54, 1.807) is 6.20 Å². The van der Waals surface area contributed by atoms with Gasteiger partial charge in [0.15, 0.2) is 0 Å². The Kier molecular flexibility index (Phi) is 3.82. The van der Waals surface area contributed by atoms with Gasteiger partial charge in [0, 0.05) is 19.1 Å². The molecule has 0 radical (unpaired) electrons. The van der Waals surface area contributed by atoms with Gasteiger partial charge < -0.3 is 10.2 Å². The van der Waals surface area contributed by atoms with Crippen LogP contribution in [0.5, 0.6) is 0 Å². The maximum Gasteiger partial charge on any atom is 0.149 e. The molecule has 1 aliphatic rings. The van der Waals surface area contributed by atoms with Crippen molar-refractivity contribution in [3.63, 3.8) is 0 Å². The largest absolute Gasteiger partial charge is 0.369 e. The van der Waals surface area contributed by atoms with Gasteiger partial charge in [-0.25, -0.2) is 4.98 Å². The van der Waals surface area contributed by atoms with E-state index in [1.807, 2.05) is 6.20 Å². The Morgan fingerprint density at radius 1 is 1.41 bits per heavy atom. The van der Waals surface area contributed by atoms with Crippen LogP contribution in [-0.2, 0) is 0 Å². The molecule has 2 atom stereocenters. The summed E-state index contributed by atoms with van der Waals surface area (Å²) in [5.41, 5.74) is 0. The Morgan fingerprint density at radius 3 is 2.88 bits per heavy atom. The summed E-state index contributed by atoms with van der Waals surface area (Å²) in [5.74, 6) is 2.64. The summed E-state index contributed by atoms with van der Waals surface area (Å²) >= 11 is 0. The molecule has 1 saturated heterocycles. The molecule has 2 heterocycles. The first-order chi connectivity index (χ1) is 8.20. The lowest BCUT2D eigenvalue weighted by Gasteiger charge is -2.22. The van der Waals surface area contributed by atoms with Crippen molar-refractivity contribution in [2.24, 2.45) is 5.92 Å². The van der Waals surface area contributed by atoms with E-state index in [0.29, 0.717) is 6.04 Å². The molecule has 2 rings (SSSR count). The fraction of sp³-hybridized carbons (Fsp3) is 0.692. The minimum atomic E-state index is 0.570. The number of nitrogens with one attached hydrogen (secondary N) is 1. The first kappa shape index (κ1) is 12.1. The van der Waals surface area contributed by atoms with Crippen LogP contribution in [0.3, 0.4) is 0 Å². The highest BCUT2D eigenvalue weighted by atomic mass is 15.2. The number of aromatic nitrogens is 2. The molecule has 1 fully saturated rings. The van der Waals surface area contributed by atoms with Crippen LogP contribution in [0.4, 0.5) is 11.6 Å². The second-order valence-corrected chi connectivity index (χ2v) is 5.03. The number of hydrogen-bond acceptors (Lipinski definition) is 4. The lowest BCUT2D eigenvalue weighted by atomic mass is 10.1. The molecule has 0 aliphatic carbocycles. The molecule has 0 spiro atoms. The van der Waals surface area contributed by atoms with Crippen LogP contribution < -0.4 is 10.2 Å². The van der Waals surface area contributed by atoms with Crippen LogP contribution in [0.1, 0.15) is 33.6 Å². The highest BCUT2D eigenvalue weighted by Crippen LogP contribution is 2.27. The van der Waals surface area contributed by atoms with Crippen LogP contribution >= 0.6 is 0 Å². The van der Waals surface area contributed by atoms with Crippen LogP contribution in [0.15, 0.2) is 12.4 Å². The molecule has 0 saturated carbocycles. The summed E-state index contributed by atoms with van der Waals surface area (Å²) in [6, 6.07) is 0.570. The lowest BCUT2D eigenvalue weighted by molar-refractivity contribution is 0.625. The van der Waals surface area contributed by atoms with Gasteiger partial charge in [-0.05, 0) is 25.7 Å². The Labute approximate surface area is 103 Å². The molecule has 94 valence electrons. The molecule has 0 aromatic carbocycles. The zero-order valence-corrected chi connectivity index (χ0v) is 11.0. The van der Waals surface area contributed by atoms with Crippen molar-refractivity contribution in [2.45, 2.75) is 39.7 Å². The van der Waals surface area contributed by atoms with Crippen molar-refractivity contribution in [1.82, 2.24) is 9.97 Å². The molecule has 17 heavy (non-hydrogen) atoms. The Bertz CT molecular complexity index is 366. The smallest absolute Gasteiger partial charge is 0.149 e. The third-order valence-electron chi connectivity index (χ3n) is 3.26. The van der Waals surface area contributed by atoms with Crippen molar-refractivity contribution in [1.29, 1.82) is 0 Å². The summed E-state index contributed by atoms with van der Waals surface area (Å²) in [7, 11) is 0. The zero-order valence-electron chi connectivity index (χ0n) is 11.0. The SMILES string of the molecule is CCCNc1cncc(N2CC(C)CC2C)n1. The van der Waals surface area contributed by atoms with Gasteiger partial charge >= 0.3 is 0 Å². The monoisotopic (exact) mass is 234 g/mol. The summed E-state index contributed by atoms with van der Waals surface area (Å²) in [6.45, 7) is 8.74. The van der Waals surface area contributed by atoms with Gasteiger partial charge in [0.05, 0.1) is 12.4 Å². The number of rotatable bonds is 4. The molecule has 1 aromatic heterocycles.